The van der Waals surface area contributed by atoms with Crippen molar-refractivity contribution in [1.29, 1.82) is 0 Å². The highest BCUT2D eigenvalue weighted by Crippen LogP contribution is 2.29. The Hall–Kier alpha value is -2.74. The number of nitrogens with two attached hydrogens (primary N) is 1. The third-order valence-corrected chi connectivity index (χ3v) is 7.42. The van der Waals surface area contributed by atoms with E-state index in [2.05, 4.69) is 15.2 Å². The maximum atomic E-state index is 12.7. The number of aromatic nitrogens is 1. The number of benzene rings is 2. The number of fused-ring (bicyclic) bond motifs is 1. The van der Waals surface area contributed by atoms with Gasteiger partial charge in [-0.25, -0.2) is 0 Å². The number of halogens is 2. The summed E-state index contributed by atoms with van der Waals surface area (Å²) in [5.41, 5.74) is 8.41. The second kappa shape index (κ2) is 13.7. The van der Waals surface area contributed by atoms with Gasteiger partial charge in [-0.05, 0) is 63.4 Å². The number of methoxy groups -OCH3 is 1. The number of rotatable bonds is 11. The second-order valence-corrected chi connectivity index (χ2v) is 9.96. The molecular weight excluding hydrogens is 511 g/mol. The molecule has 1 saturated heterocycles. The fourth-order valence-electron chi connectivity index (χ4n) is 4.90. The van der Waals surface area contributed by atoms with Crippen LogP contribution in [-0.2, 0) is 0 Å². The summed E-state index contributed by atoms with van der Waals surface area (Å²) >= 11 is 6.09. The van der Waals surface area contributed by atoms with Crippen molar-refractivity contribution in [1.82, 2.24) is 15.2 Å². The van der Waals surface area contributed by atoms with Gasteiger partial charge in [0.1, 0.15) is 5.75 Å². The van der Waals surface area contributed by atoms with Crippen LogP contribution in [0, 0.1) is 5.92 Å². The summed E-state index contributed by atoms with van der Waals surface area (Å²) in [5, 5.41) is 4.38. The van der Waals surface area contributed by atoms with Crippen molar-refractivity contribution in [2.24, 2.45) is 5.92 Å². The maximum absolute atomic E-state index is 12.7. The fraction of sp³-hybridized carbons (Fsp3) is 0.429. The van der Waals surface area contributed by atoms with Crippen molar-refractivity contribution in [2.45, 2.75) is 38.5 Å². The summed E-state index contributed by atoms with van der Waals surface area (Å²) in [6.07, 6.45) is 7.60. The van der Waals surface area contributed by atoms with Gasteiger partial charge >= 0.3 is 0 Å². The molecule has 3 aromatic rings. The normalized spacial score (nSPS) is 14.3. The minimum absolute atomic E-state index is 0. The van der Waals surface area contributed by atoms with Crippen LogP contribution in [0.3, 0.4) is 0 Å². The summed E-state index contributed by atoms with van der Waals surface area (Å²) in [6.45, 7) is 3.76. The number of likely N-dealkylation sites (tertiary alicyclic amines) is 1. The smallest absolute Gasteiger partial charge is 0.255 e. The minimum Gasteiger partial charge on any atom is -0.496 e. The van der Waals surface area contributed by atoms with Gasteiger partial charge in [0, 0.05) is 41.7 Å². The molecule has 0 aliphatic carbocycles. The first-order chi connectivity index (χ1) is 17.5. The van der Waals surface area contributed by atoms with Crippen molar-refractivity contribution in [2.75, 3.05) is 39.0 Å². The highest BCUT2D eigenvalue weighted by molar-refractivity contribution is 6.33. The van der Waals surface area contributed by atoms with Crippen LogP contribution >= 0.6 is 24.0 Å². The molecule has 0 unspecified atom stereocenters. The lowest BCUT2D eigenvalue weighted by Gasteiger charge is -2.32. The molecule has 1 fully saturated rings. The monoisotopic (exact) mass is 546 g/mol. The zero-order valence-electron chi connectivity index (χ0n) is 21.2. The first-order valence-corrected chi connectivity index (χ1v) is 13.1. The number of amides is 1. The summed E-state index contributed by atoms with van der Waals surface area (Å²) in [6, 6.07) is 11.1. The van der Waals surface area contributed by atoms with Gasteiger partial charge in [0.25, 0.3) is 5.91 Å². The number of aromatic amines is 1. The SMILES string of the molecule is COc1cc(N)c(Cl)cc1C(=O)NCC1CCN(CCCCCC(=O)c2c[nH]c3ccccc23)CC1.Cl. The predicted molar refractivity (Wildman–Crippen MR) is 152 cm³/mol. The van der Waals surface area contributed by atoms with E-state index in [4.69, 9.17) is 22.1 Å². The number of H-pyrrole nitrogens is 1. The van der Waals surface area contributed by atoms with E-state index in [0.717, 1.165) is 68.2 Å². The largest absolute Gasteiger partial charge is 0.496 e. The van der Waals surface area contributed by atoms with Crippen molar-refractivity contribution in [3.8, 4) is 5.75 Å². The van der Waals surface area contributed by atoms with E-state index in [0.29, 0.717) is 40.9 Å². The molecule has 200 valence electrons. The Morgan fingerprint density at radius 1 is 1.14 bits per heavy atom. The van der Waals surface area contributed by atoms with Crippen LogP contribution in [0.5, 0.6) is 5.75 Å². The molecule has 4 N–H and O–H groups in total. The van der Waals surface area contributed by atoms with Crippen molar-refractivity contribution in [3.05, 3.63) is 58.7 Å². The molecular formula is C28H36Cl2N4O3. The summed E-state index contributed by atoms with van der Waals surface area (Å²) < 4.78 is 5.29. The third kappa shape index (κ3) is 7.40. The molecule has 1 aliphatic rings. The summed E-state index contributed by atoms with van der Waals surface area (Å²) in [4.78, 5) is 30.9. The molecule has 9 heteroatoms. The highest BCUT2D eigenvalue weighted by Gasteiger charge is 2.21. The number of anilines is 1. The number of ketones is 1. The molecule has 7 nitrogen and oxygen atoms in total. The van der Waals surface area contributed by atoms with Gasteiger partial charge in [-0.2, -0.15) is 0 Å². The molecule has 2 aromatic carbocycles. The van der Waals surface area contributed by atoms with E-state index in [1.807, 2.05) is 30.5 Å². The number of Topliss-reactive ketones (excluding diaryl/α,β-unsaturated/α-hetero) is 1. The van der Waals surface area contributed by atoms with Gasteiger partial charge in [-0.15, -0.1) is 12.4 Å². The lowest BCUT2D eigenvalue weighted by molar-refractivity contribution is 0.0932. The van der Waals surface area contributed by atoms with Crippen LogP contribution < -0.4 is 15.8 Å². The number of carbonyl (C=O) groups is 2. The number of nitrogens with zero attached hydrogens (tertiary/aromatic N) is 1. The van der Waals surface area contributed by atoms with E-state index in [-0.39, 0.29) is 24.1 Å². The van der Waals surface area contributed by atoms with Gasteiger partial charge in [0.2, 0.25) is 0 Å². The molecule has 0 atom stereocenters. The molecule has 0 radical (unpaired) electrons. The number of nitrogen functional groups attached to an aromatic ring is 1. The van der Waals surface area contributed by atoms with E-state index < -0.39 is 0 Å². The molecule has 1 aromatic heterocycles. The Morgan fingerprint density at radius 3 is 2.65 bits per heavy atom. The molecule has 0 bridgehead atoms. The number of unbranched alkanes of at least 4 members (excludes halogenated alkanes) is 2. The Morgan fingerprint density at radius 2 is 1.89 bits per heavy atom. The molecule has 2 heterocycles. The average Bonchev–Trinajstić information content (AvgIpc) is 3.33. The zero-order valence-corrected chi connectivity index (χ0v) is 22.8. The molecule has 1 aliphatic heterocycles. The van der Waals surface area contributed by atoms with Crippen LogP contribution in [-0.4, -0.2) is 54.9 Å². The van der Waals surface area contributed by atoms with Crippen molar-refractivity contribution in [3.63, 3.8) is 0 Å². The van der Waals surface area contributed by atoms with Crippen LogP contribution in [0.2, 0.25) is 5.02 Å². The number of nitrogens with one attached hydrogen (secondary N) is 2. The van der Waals surface area contributed by atoms with Gasteiger partial charge < -0.3 is 25.7 Å². The number of piperidine rings is 1. The van der Waals surface area contributed by atoms with E-state index in [1.54, 1.807) is 12.1 Å². The number of para-hydroxylation sites is 1. The minimum atomic E-state index is -0.196. The van der Waals surface area contributed by atoms with Gasteiger partial charge in [0.15, 0.2) is 5.78 Å². The highest BCUT2D eigenvalue weighted by atomic mass is 35.5. The Kier molecular flexibility index (Phi) is 10.7. The first kappa shape index (κ1) is 28.8. The van der Waals surface area contributed by atoms with Crippen molar-refractivity contribution >= 4 is 52.3 Å². The number of hydrogen-bond acceptors (Lipinski definition) is 5. The predicted octanol–water partition coefficient (Wildman–Crippen LogP) is 5.72. The Bertz CT molecular complexity index is 1210. The van der Waals surface area contributed by atoms with Gasteiger partial charge in [-0.3, -0.25) is 9.59 Å². The summed E-state index contributed by atoms with van der Waals surface area (Å²) in [7, 11) is 1.51. The lowest BCUT2D eigenvalue weighted by atomic mass is 9.96. The van der Waals surface area contributed by atoms with E-state index in [1.165, 1.54) is 7.11 Å². The van der Waals surface area contributed by atoms with E-state index in [9.17, 15) is 9.59 Å². The number of ether oxygens (including phenoxy) is 1. The average molecular weight is 548 g/mol. The van der Waals surface area contributed by atoms with Gasteiger partial charge in [-0.1, -0.05) is 36.2 Å². The maximum Gasteiger partial charge on any atom is 0.255 e. The second-order valence-electron chi connectivity index (χ2n) is 9.55. The molecule has 4 rings (SSSR count). The lowest BCUT2D eigenvalue weighted by Crippen LogP contribution is -2.39. The topological polar surface area (TPSA) is 100 Å². The zero-order chi connectivity index (χ0) is 25.5. The third-order valence-electron chi connectivity index (χ3n) is 7.09. The number of hydrogen-bond donors (Lipinski definition) is 3. The molecule has 0 saturated carbocycles. The molecule has 37 heavy (non-hydrogen) atoms. The van der Waals surface area contributed by atoms with Crippen LogP contribution in [0.25, 0.3) is 10.9 Å². The fourth-order valence-corrected chi connectivity index (χ4v) is 5.06. The van der Waals surface area contributed by atoms with Crippen LogP contribution in [0.4, 0.5) is 5.69 Å². The van der Waals surface area contributed by atoms with Gasteiger partial charge in [0.05, 0.1) is 23.4 Å². The quantitative estimate of drug-likeness (QED) is 0.162. The standard InChI is InChI=1S/C28H35ClN4O3.ClH/c1-36-27-16-24(30)23(29)15-21(27)28(35)32-17-19-10-13-33(14-11-19)12-6-2-3-9-26(34)22-18-31-25-8-5-4-7-20(22)25;/h4-5,7-8,15-16,18-19,31H,2-3,6,9-14,17,30H2,1H3,(H,32,35);1H. The van der Waals surface area contributed by atoms with Crippen LogP contribution in [0.1, 0.15) is 59.2 Å². The van der Waals surface area contributed by atoms with Crippen LogP contribution in [0.15, 0.2) is 42.6 Å². The first-order valence-electron chi connectivity index (χ1n) is 12.7. The van der Waals surface area contributed by atoms with Crippen molar-refractivity contribution < 1.29 is 14.3 Å². The van der Waals surface area contributed by atoms with E-state index >= 15 is 0 Å². The Balaban J connectivity index is 0.00000380. The number of carbonyl (C=O) groups excluding carboxylic acids is 2. The molecule has 0 spiro atoms. The Labute approximate surface area is 229 Å². The molecule has 1 amide bonds. The summed E-state index contributed by atoms with van der Waals surface area (Å²) in [5.74, 6) is 0.897.